The van der Waals surface area contributed by atoms with Gasteiger partial charge in [0.2, 0.25) is 0 Å². The summed E-state index contributed by atoms with van der Waals surface area (Å²) in [6.07, 6.45) is 7.08. The van der Waals surface area contributed by atoms with E-state index < -0.39 is 0 Å². The van der Waals surface area contributed by atoms with Crippen LogP contribution in [0.15, 0.2) is 36.7 Å². The molecule has 1 N–H and O–H groups in total. The molecule has 0 radical (unpaired) electrons. The minimum Gasteiger partial charge on any atom is -0.381 e. The lowest BCUT2D eigenvalue weighted by molar-refractivity contribution is 0.0519. The van der Waals surface area contributed by atoms with Crippen LogP contribution in [-0.2, 0) is 11.3 Å². The molecule has 0 bridgehead atoms. The zero-order valence-corrected chi connectivity index (χ0v) is 15.6. The van der Waals surface area contributed by atoms with Crippen molar-refractivity contribution in [1.82, 2.24) is 20.0 Å². The first kappa shape index (κ1) is 18.5. The fraction of sp³-hybridized carbons (Fsp3) is 0.500. The molecule has 0 spiro atoms. The SMILES string of the molecule is Cc1cccc(-n2cc(CN(C)C(=O)NCC[C@@H]3CCCOC3)cn2)c1. The second kappa shape index (κ2) is 8.85. The minimum atomic E-state index is -0.0509. The van der Waals surface area contributed by atoms with Gasteiger partial charge >= 0.3 is 6.03 Å². The van der Waals surface area contributed by atoms with E-state index in [4.69, 9.17) is 4.74 Å². The Hall–Kier alpha value is -2.34. The van der Waals surface area contributed by atoms with Gasteiger partial charge < -0.3 is 15.0 Å². The third-order valence-electron chi connectivity index (χ3n) is 4.75. The summed E-state index contributed by atoms with van der Waals surface area (Å²) < 4.78 is 7.32. The highest BCUT2D eigenvalue weighted by atomic mass is 16.5. The van der Waals surface area contributed by atoms with E-state index in [9.17, 15) is 4.79 Å². The highest BCUT2D eigenvalue weighted by molar-refractivity contribution is 5.73. The maximum atomic E-state index is 12.3. The third-order valence-corrected chi connectivity index (χ3v) is 4.75. The van der Waals surface area contributed by atoms with Crippen molar-refractivity contribution >= 4 is 6.03 Å². The number of nitrogens with zero attached hydrogens (tertiary/aromatic N) is 3. The summed E-state index contributed by atoms with van der Waals surface area (Å²) in [6.45, 7) is 4.99. The number of carbonyl (C=O) groups excluding carboxylic acids is 1. The zero-order chi connectivity index (χ0) is 18.4. The van der Waals surface area contributed by atoms with Crippen LogP contribution in [0.25, 0.3) is 5.69 Å². The smallest absolute Gasteiger partial charge is 0.317 e. The molecule has 6 heteroatoms. The molecule has 0 aliphatic carbocycles. The summed E-state index contributed by atoms with van der Waals surface area (Å²) >= 11 is 0. The van der Waals surface area contributed by atoms with Gasteiger partial charge in [0.1, 0.15) is 0 Å². The highest BCUT2D eigenvalue weighted by Crippen LogP contribution is 2.16. The molecule has 3 rings (SSSR count). The van der Waals surface area contributed by atoms with Crippen LogP contribution in [0.5, 0.6) is 0 Å². The number of hydrogen-bond donors (Lipinski definition) is 1. The lowest BCUT2D eigenvalue weighted by atomic mass is 9.99. The van der Waals surface area contributed by atoms with E-state index in [0.29, 0.717) is 19.0 Å². The molecule has 0 saturated carbocycles. The number of urea groups is 1. The van der Waals surface area contributed by atoms with Crippen molar-refractivity contribution in [3.63, 3.8) is 0 Å². The molecule has 1 aliphatic heterocycles. The molecule has 26 heavy (non-hydrogen) atoms. The van der Waals surface area contributed by atoms with Crippen molar-refractivity contribution in [3.05, 3.63) is 47.8 Å². The molecule has 0 unspecified atom stereocenters. The number of nitrogens with one attached hydrogen (secondary N) is 1. The van der Waals surface area contributed by atoms with Crippen molar-refractivity contribution in [2.45, 2.75) is 32.7 Å². The Kier molecular flexibility index (Phi) is 6.28. The molecule has 1 aromatic heterocycles. The van der Waals surface area contributed by atoms with E-state index in [1.807, 2.05) is 36.3 Å². The van der Waals surface area contributed by atoms with Gasteiger partial charge in [0.05, 0.1) is 18.4 Å². The topological polar surface area (TPSA) is 59.4 Å². The Morgan fingerprint density at radius 2 is 2.35 bits per heavy atom. The van der Waals surface area contributed by atoms with Crippen LogP contribution in [0.2, 0.25) is 0 Å². The maximum absolute atomic E-state index is 12.3. The number of amides is 2. The zero-order valence-electron chi connectivity index (χ0n) is 15.6. The first-order valence-corrected chi connectivity index (χ1v) is 9.29. The van der Waals surface area contributed by atoms with Gasteiger partial charge in [0.25, 0.3) is 0 Å². The lowest BCUT2D eigenvalue weighted by Crippen LogP contribution is -2.38. The normalized spacial score (nSPS) is 17.1. The van der Waals surface area contributed by atoms with Crippen molar-refractivity contribution < 1.29 is 9.53 Å². The summed E-state index contributed by atoms with van der Waals surface area (Å²) in [4.78, 5) is 14.0. The monoisotopic (exact) mass is 356 g/mol. The largest absolute Gasteiger partial charge is 0.381 e. The van der Waals surface area contributed by atoms with Gasteiger partial charge in [-0.15, -0.1) is 0 Å². The Labute approximate surface area is 155 Å². The van der Waals surface area contributed by atoms with Gasteiger partial charge in [-0.2, -0.15) is 5.10 Å². The van der Waals surface area contributed by atoms with E-state index in [0.717, 1.165) is 37.3 Å². The van der Waals surface area contributed by atoms with Gasteiger partial charge in [-0.1, -0.05) is 12.1 Å². The molecule has 140 valence electrons. The van der Waals surface area contributed by atoms with E-state index >= 15 is 0 Å². The van der Waals surface area contributed by atoms with Crippen LogP contribution in [0, 0.1) is 12.8 Å². The minimum absolute atomic E-state index is 0.0509. The Bertz CT molecular complexity index is 722. The molecular formula is C20H28N4O2. The van der Waals surface area contributed by atoms with E-state index in [2.05, 4.69) is 29.5 Å². The summed E-state index contributed by atoms with van der Waals surface area (Å²) in [6, 6.07) is 8.14. The average molecular weight is 356 g/mol. The van der Waals surface area contributed by atoms with Crippen molar-refractivity contribution in [2.24, 2.45) is 5.92 Å². The van der Waals surface area contributed by atoms with Crippen LogP contribution >= 0.6 is 0 Å². The molecule has 2 aromatic rings. The van der Waals surface area contributed by atoms with Gasteiger partial charge in [-0.05, 0) is 49.8 Å². The Balaban J connectivity index is 1.46. The number of hydrogen-bond acceptors (Lipinski definition) is 3. The standard InChI is InChI=1S/C20H28N4O2/c1-16-5-3-7-19(11-16)24-14-18(12-22-24)13-23(2)20(25)21-9-8-17-6-4-10-26-15-17/h3,5,7,11-12,14,17H,4,6,8-10,13,15H2,1-2H3,(H,21,25)/t17-/m0/s1. The number of aromatic nitrogens is 2. The van der Waals surface area contributed by atoms with E-state index in [-0.39, 0.29) is 6.03 Å². The van der Waals surface area contributed by atoms with Gasteiger partial charge in [0, 0.05) is 38.6 Å². The molecular weight excluding hydrogens is 328 g/mol. The van der Waals surface area contributed by atoms with Crippen LogP contribution in [0.1, 0.15) is 30.4 Å². The predicted octanol–water partition coefficient (Wildman–Crippen LogP) is 3.14. The number of aryl methyl sites for hydroxylation is 1. The molecule has 6 nitrogen and oxygen atoms in total. The Morgan fingerprint density at radius 3 is 3.12 bits per heavy atom. The molecule has 2 amide bonds. The number of carbonyl (C=O) groups is 1. The second-order valence-corrected chi connectivity index (χ2v) is 7.09. The van der Waals surface area contributed by atoms with Crippen molar-refractivity contribution in [3.8, 4) is 5.69 Å². The fourth-order valence-corrected chi connectivity index (χ4v) is 3.25. The quantitative estimate of drug-likeness (QED) is 0.865. The number of rotatable bonds is 6. The average Bonchev–Trinajstić information content (AvgIpc) is 3.11. The summed E-state index contributed by atoms with van der Waals surface area (Å²) in [5.41, 5.74) is 3.22. The molecule has 1 atom stereocenters. The molecule has 2 heterocycles. The number of benzene rings is 1. The van der Waals surface area contributed by atoms with Gasteiger partial charge in [-0.25, -0.2) is 9.48 Å². The first-order valence-electron chi connectivity index (χ1n) is 9.29. The third kappa shape index (κ3) is 5.08. The summed E-state index contributed by atoms with van der Waals surface area (Å²) in [7, 11) is 1.81. The lowest BCUT2D eigenvalue weighted by Gasteiger charge is -2.23. The van der Waals surface area contributed by atoms with Crippen LogP contribution in [0.3, 0.4) is 0 Å². The highest BCUT2D eigenvalue weighted by Gasteiger charge is 2.15. The van der Waals surface area contributed by atoms with Gasteiger partial charge in [0.15, 0.2) is 0 Å². The number of ether oxygens (including phenoxy) is 1. The van der Waals surface area contributed by atoms with Crippen LogP contribution in [0.4, 0.5) is 4.79 Å². The first-order chi connectivity index (χ1) is 12.6. The fourth-order valence-electron chi connectivity index (χ4n) is 3.25. The summed E-state index contributed by atoms with van der Waals surface area (Å²) in [5, 5.41) is 7.41. The van der Waals surface area contributed by atoms with Crippen molar-refractivity contribution in [1.29, 1.82) is 0 Å². The molecule has 1 fully saturated rings. The maximum Gasteiger partial charge on any atom is 0.317 e. The molecule has 1 saturated heterocycles. The second-order valence-electron chi connectivity index (χ2n) is 7.09. The molecule has 1 aliphatic rings. The van der Waals surface area contributed by atoms with Crippen LogP contribution < -0.4 is 5.32 Å². The van der Waals surface area contributed by atoms with Gasteiger partial charge in [-0.3, -0.25) is 0 Å². The summed E-state index contributed by atoms with van der Waals surface area (Å²) in [5.74, 6) is 0.571. The predicted molar refractivity (Wildman–Crippen MR) is 101 cm³/mol. The van der Waals surface area contributed by atoms with Crippen molar-refractivity contribution in [2.75, 3.05) is 26.8 Å². The Morgan fingerprint density at radius 1 is 1.46 bits per heavy atom. The van der Waals surface area contributed by atoms with E-state index in [1.54, 1.807) is 4.90 Å². The van der Waals surface area contributed by atoms with Crippen LogP contribution in [-0.4, -0.2) is 47.5 Å². The molecule has 1 aromatic carbocycles. The van der Waals surface area contributed by atoms with E-state index in [1.165, 1.54) is 12.0 Å².